The predicted octanol–water partition coefficient (Wildman–Crippen LogP) is 0.982. The molecule has 1 saturated heterocycles. The van der Waals surface area contributed by atoms with E-state index >= 15 is 0 Å². The number of pyridine rings is 1. The molecule has 0 bridgehead atoms. The Balaban J connectivity index is 1.72. The first-order chi connectivity index (χ1) is 14.0. The summed E-state index contributed by atoms with van der Waals surface area (Å²) in [4.78, 5) is 38.4. The van der Waals surface area contributed by atoms with E-state index in [4.69, 9.17) is 4.74 Å². The molecular formula is C21H29N5O3. The zero-order valence-electron chi connectivity index (χ0n) is 17.4. The van der Waals surface area contributed by atoms with Crippen molar-refractivity contribution in [3.63, 3.8) is 0 Å². The summed E-state index contributed by atoms with van der Waals surface area (Å²) in [7, 11) is 1.73. The van der Waals surface area contributed by atoms with Crippen molar-refractivity contribution in [1.82, 2.24) is 24.3 Å². The molecule has 0 radical (unpaired) electrons. The zero-order valence-corrected chi connectivity index (χ0v) is 17.4. The minimum atomic E-state index is -0.260. The van der Waals surface area contributed by atoms with Gasteiger partial charge in [-0.15, -0.1) is 0 Å². The Morgan fingerprint density at radius 3 is 2.72 bits per heavy atom. The molecule has 8 heteroatoms. The maximum absolute atomic E-state index is 13.1. The zero-order chi connectivity index (χ0) is 20.8. The smallest absolute Gasteiger partial charge is 0.263 e. The van der Waals surface area contributed by atoms with Gasteiger partial charge >= 0.3 is 0 Å². The van der Waals surface area contributed by atoms with Crippen molar-refractivity contribution < 1.29 is 9.53 Å². The van der Waals surface area contributed by atoms with Crippen LogP contribution in [0.2, 0.25) is 0 Å². The van der Waals surface area contributed by atoms with Crippen LogP contribution in [0, 0.1) is 6.92 Å². The van der Waals surface area contributed by atoms with Gasteiger partial charge in [0, 0.05) is 70.5 Å². The second-order valence-electron chi connectivity index (χ2n) is 7.49. The van der Waals surface area contributed by atoms with Gasteiger partial charge in [-0.25, -0.2) is 0 Å². The van der Waals surface area contributed by atoms with Gasteiger partial charge in [-0.3, -0.25) is 24.5 Å². The van der Waals surface area contributed by atoms with Crippen LogP contribution >= 0.6 is 0 Å². The average Bonchev–Trinajstić information content (AvgIpc) is 2.74. The number of morpholine rings is 1. The maximum Gasteiger partial charge on any atom is 0.263 e. The molecule has 3 rings (SSSR count). The molecule has 3 heterocycles. The van der Waals surface area contributed by atoms with Crippen molar-refractivity contribution in [3.05, 3.63) is 58.0 Å². The number of ether oxygens (including phenoxy) is 1. The third kappa shape index (κ3) is 5.27. The molecule has 1 aliphatic heterocycles. The van der Waals surface area contributed by atoms with E-state index in [0.29, 0.717) is 18.5 Å². The molecular weight excluding hydrogens is 370 g/mol. The van der Waals surface area contributed by atoms with Crippen molar-refractivity contribution in [2.24, 2.45) is 0 Å². The Kier molecular flexibility index (Phi) is 7.11. The van der Waals surface area contributed by atoms with Gasteiger partial charge in [-0.1, -0.05) is 0 Å². The molecule has 1 fully saturated rings. The van der Waals surface area contributed by atoms with Crippen molar-refractivity contribution in [2.45, 2.75) is 32.9 Å². The Bertz CT molecular complexity index is 878. The Labute approximate surface area is 171 Å². The van der Waals surface area contributed by atoms with E-state index in [1.165, 1.54) is 0 Å². The van der Waals surface area contributed by atoms with E-state index < -0.39 is 0 Å². The summed E-state index contributed by atoms with van der Waals surface area (Å²) in [5, 5.41) is 0. The molecule has 0 spiro atoms. The molecule has 29 heavy (non-hydrogen) atoms. The highest BCUT2D eigenvalue weighted by Gasteiger charge is 2.23. The first-order valence-electron chi connectivity index (χ1n) is 9.99. The number of amides is 1. The lowest BCUT2D eigenvalue weighted by molar-refractivity contribution is 0.0362. The van der Waals surface area contributed by atoms with E-state index in [9.17, 15) is 9.59 Å². The second-order valence-corrected chi connectivity index (χ2v) is 7.49. The van der Waals surface area contributed by atoms with Crippen LogP contribution < -0.4 is 5.56 Å². The quantitative estimate of drug-likeness (QED) is 0.691. The normalized spacial score (nSPS) is 15.8. The number of carbonyl (C=O) groups is 1. The van der Waals surface area contributed by atoms with Crippen LogP contribution in [-0.2, 0) is 17.7 Å². The van der Waals surface area contributed by atoms with Crippen molar-refractivity contribution in [1.29, 1.82) is 0 Å². The monoisotopic (exact) mass is 399 g/mol. The number of likely N-dealkylation sites (N-methyl/N-ethyl adjacent to an activating group) is 1. The van der Waals surface area contributed by atoms with E-state index in [0.717, 1.165) is 38.5 Å². The number of aryl methyl sites for hydroxylation is 1. The van der Waals surface area contributed by atoms with Gasteiger partial charge in [0.15, 0.2) is 0 Å². The molecule has 2 aromatic rings. The van der Waals surface area contributed by atoms with Gasteiger partial charge in [0.1, 0.15) is 5.56 Å². The Hall–Kier alpha value is -2.58. The van der Waals surface area contributed by atoms with Crippen LogP contribution in [0.15, 0.2) is 35.6 Å². The lowest BCUT2D eigenvalue weighted by Gasteiger charge is -2.27. The van der Waals surface area contributed by atoms with Crippen molar-refractivity contribution >= 4 is 5.91 Å². The number of hydrogen-bond acceptors (Lipinski definition) is 6. The lowest BCUT2D eigenvalue weighted by Crippen LogP contribution is -2.42. The first-order valence-corrected chi connectivity index (χ1v) is 9.99. The fourth-order valence-corrected chi connectivity index (χ4v) is 3.43. The van der Waals surface area contributed by atoms with Crippen LogP contribution in [0.5, 0.6) is 0 Å². The third-order valence-electron chi connectivity index (χ3n) is 5.45. The fraction of sp³-hybridized carbons (Fsp3) is 0.524. The molecule has 156 valence electrons. The molecule has 0 aromatic carbocycles. The topological polar surface area (TPSA) is 80.6 Å². The van der Waals surface area contributed by atoms with Gasteiger partial charge in [-0.2, -0.15) is 0 Å². The molecule has 0 aliphatic carbocycles. The number of rotatable bonds is 7. The third-order valence-corrected chi connectivity index (χ3v) is 5.45. The van der Waals surface area contributed by atoms with Crippen molar-refractivity contribution in [2.75, 3.05) is 39.9 Å². The summed E-state index contributed by atoms with van der Waals surface area (Å²) >= 11 is 0. The first kappa shape index (κ1) is 21.1. The summed E-state index contributed by atoms with van der Waals surface area (Å²) < 4.78 is 7.00. The summed E-state index contributed by atoms with van der Waals surface area (Å²) in [5.74, 6) is -0.260. The highest BCUT2D eigenvalue weighted by Crippen LogP contribution is 2.11. The number of nitrogens with zero attached hydrogens (tertiary/aromatic N) is 5. The number of hydrogen-bond donors (Lipinski definition) is 0. The SMILES string of the molecule is Cc1ccn(CCN2CCOCC2)c(=O)c1C(=O)N(C)C(C)Cc1cnccn1. The molecule has 1 unspecified atom stereocenters. The Morgan fingerprint density at radius 1 is 1.28 bits per heavy atom. The Morgan fingerprint density at radius 2 is 2.03 bits per heavy atom. The average molecular weight is 399 g/mol. The van der Waals surface area contributed by atoms with Crippen LogP contribution in [0.25, 0.3) is 0 Å². The predicted molar refractivity (Wildman–Crippen MR) is 110 cm³/mol. The highest BCUT2D eigenvalue weighted by molar-refractivity contribution is 5.95. The highest BCUT2D eigenvalue weighted by atomic mass is 16.5. The molecule has 1 aliphatic rings. The van der Waals surface area contributed by atoms with Gasteiger partial charge in [-0.05, 0) is 25.5 Å². The lowest BCUT2D eigenvalue weighted by atomic mass is 10.1. The van der Waals surface area contributed by atoms with Crippen LogP contribution in [-0.4, -0.2) is 76.2 Å². The van der Waals surface area contributed by atoms with Crippen LogP contribution in [0.1, 0.15) is 28.5 Å². The fourth-order valence-electron chi connectivity index (χ4n) is 3.43. The van der Waals surface area contributed by atoms with Gasteiger partial charge in [0.25, 0.3) is 11.5 Å². The van der Waals surface area contributed by atoms with E-state index in [1.807, 2.05) is 19.9 Å². The molecule has 0 saturated carbocycles. The van der Waals surface area contributed by atoms with E-state index in [1.54, 1.807) is 41.3 Å². The van der Waals surface area contributed by atoms with Gasteiger partial charge < -0.3 is 14.2 Å². The standard InChI is InChI=1S/C21H29N5O3/c1-16-4-7-26(9-8-25-10-12-29-13-11-25)21(28)19(16)20(27)24(3)17(2)14-18-15-22-5-6-23-18/h4-7,15,17H,8-14H2,1-3H3. The number of aromatic nitrogens is 3. The molecule has 1 amide bonds. The molecule has 0 N–H and O–H groups in total. The minimum absolute atomic E-state index is 0.111. The largest absolute Gasteiger partial charge is 0.379 e. The maximum atomic E-state index is 13.1. The van der Waals surface area contributed by atoms with E-state index in [2.05, 4.69) is 14.9 Å². The summed E-state index contributed by atoms with van der Waals surface area (Å²) in [5.41, 5.74) is 1.51. The number of carbonyl (C=O) groups excluding carboxylic acids is 1. The van der Waals surface area contributed by atoms with Crippen molar-refractivity contribution in [3.8, 4) is 0 Å². The van der Waals surface area contributed by atoms with Gasteiger partial charge in [0.2, 0.25) is 0 Å². The van der Waals surface area contributed by atoms with E-state index in [-0.39, 0.29) is 23.1 Å². The van der Waals surface area contributed by atoms with Crippen LogP contribution in [0.4, 0.5) is 0 Å². The second kappa shape index (κ2) is 9.76. The molecule has 8 nitrogen and oxygen atoms in total. The summed E-state index contributed by atoms with van der Waals surface area (Å²) in [6.45, 7) is 8.26. The molecule has 2 aromatic heterocycles. The van der Waals surface area contributed by atoms with Crippen LogP contribution in [0.3, 0.4) is 0 Å². The summed E-state index contributed by atoms with van der Waals surface area (Å²) in [6.07, 6.45) is 7.31. The minimum Gasteiger partial charge on any atom is -0.379 e. The van der Waals surface area contributed by atoms with Gasteiger partial charge in [0.05, 0.1) is 18.9 Å². The summed E-state index contributed by atoms with van der Waals surface area (Å²) in [6, 6.07) is 1.73. The molecule has 1 atom stereocenters.